The van der Waals surface area contributed by atoms with Crippen LogP contribution in [0.3, 0.4) is 0 Å². The Hall–Kier alpha value is -3.40. The Bertz CT molecular complexity index is 942. The highest BCUT2D eigenvalue weighted by Gasteiger charge is 2.17. The van der Waals surface area contributed by atoms with Crippen LogP contribution in [0.25, 0.3) is 22.5 Å². The van der Waals surface area contributed by atoms with Gasteiger partial charge in [-0.15, -0.1) is 0 Å². The maximum Gasteiger partial charge on any atom is 0.142 e. The fourth-order valence-electron chi connectivity index (χ4n) is 2.37. The van der Waals surface area contributed by atoms with Crippen LogP contribution in [-0.4, -0.2) is 19.9 Å². The minimum absolute atomic E-state index is 0.00803. The van der Waals surface area contributed by atoms with Crippen molar-refractivity contribution in [1.82, 2.24) is 14.8 Å². The number of aromatic nitrogens is 3. The Morgan fingerprint density at radius 3 is 2.65 bits per heavy atom. The third kappa shape index (κ3) is 2.46. The first-order valence-electron chi connectivity index (χ1n) is 6.69. The third-order valence-electron chi connectivity index (χ3n) is 3.48. The van der Waals surface area contributed by atoms with Crippen molar-refractivity contribution in [3.63, 3.8) is 0 Å². The SMILES string of the molecule is Cn1nccc1-c1cc(-c2ccc(O)cc2F)nc(N)c1C#N. The molecular weight excluding hydrogens is 297 g/mol. The van der Waals surface area contributed by atoms with E-state index < -0.39 is 5.82 Å². The van der Waals surface area contributed by atoms with Crippen molar-refractivity contribution < 1.29 is 9.50 Å². The van der Waals surface area contributed by atoms with Crippen molar-refractivity contribution in [2.45, 2.75) is 0 Å². The number of benzene rings is 1. The fraction of sp³-hybridized carbons (Fsp3) is 0.0625. The lowest BCUT2D eigenvalue weighted by Crippen LogP contribution is -2.03. The van der Waals surface area contributed by atoms with Gasteiger partial charge in [-0.1, -0.05) is 0 Å². The maximum atomic E-state index is 14.1. The van der Waals surface area contributed by atoms with Gasteiger partial charge in [-0.3, -0.25) is 4.68 Å². The molecule has 0 aliphatic rings. The van der Waals surface area contributed by atoms with E-state index in [1.165, 1.54) is 12.1 Å². The molecule has 0 aliphatic heterocycles. The van der Waals surface area contributed by atoms with Crippen LogP contribution in [0.15, 0.2) is 36.5 Å². The zero-order valence-electron chi connectivity index (χ0n) is 12.2. The van der Waals surface area contributed by atoms with Gasteiger partial charge in [0.15, 0.2) is 0 Å². The van der Waals surface area contributed by atoms with Gasteiger partial charge < -0.3 is 10.8 Å². The average Bonchev–Trinajstić information content (AvgIpc) is 2.92. The summed E-state index contributed by atoms with van der Waals surface area (Å²) in [6.07, 6.45) is 1.59. The molecule has 0 saturated heterocycles. The molecule has 3 N–H and O–H groups in total. The van der Waals surface area contributed by atoms with Gasteiger partial charge in [0.2, 0.25) is 0 Å². The van der Waals surface area contributed by atoms with E-state index in [9.17, 15) is 14.8 Å². The monoisotopic (exact) mass is 309 g/mol. The van der Waals surface area contributed by atoms with E-state index >= 15 is 0 Å². The molecule has 0 radical (unpaired) electrons. The first-order valence-corrected chi connectivity index (χ1v) is 6.69. The van der Waals surface area contributed by atoms with Crippen molar-refractivity contribution in [3.8, 4) is 34.3 Å². The number of hydrogen-bond acceptors (Lipinski definition) is 5. The summed E-state index contributed by atoms with van der Waals surface area (Å²) >= 11 is 0. The van der Waals surface area contributed by atoms with Crippen LogP contribution >= 0.6 is 0 Å². The van der Waals surface area contributed by atoms with Crippen molar-refractivity contribution in [1.29, 1.82) is 5.26 Å². The summed E-state index contributed by atoms with van der Waals surface area (Å²) in [4.78, 5) is 4.11. The summed E-state index contributed by atoms with van der Waals surface area (Å²) in [5, 5.41) is 22.7. The highest BCUT2D eigenvalue weighted by Crippen LogP contribution is 2.32. The minimum atomic E-state index is -0.627. The summed E-state index contributed by atoms with van der Waals surface area (Å²) in [5.74, 6) is -0.800. The molecule has 2 heterocycles. The highest BCUT2D eigenvalue weighted by atomic mass is 19.1. The lowest BCUT2D eigenvalue weighted by Gasteiger charge is -2.11. The number of phenolic OH excluding ortho intramolecular Hbond substituents is 1. The maximum absolute atomic E-state index is 14.1. The van der Waals surface area contributed by atoms with E-state index in [2.05, 4.69) is 10.1 Å². The van der Waals surface area contributed by atoms with Gasteiger partial charge in [0, 0.05) is 30.4 Å². The van der Waals surface area contributed by atoms with Crippen LogP contribution < -0.4 is 5.73 Å². The predicted octanol–water partition coefficient (Wildman–Crippen LogP) is 2.45. The fourth-order valence-corrected chi connectivity index (χ4v) is 2.37. The molecule has 0 bridgehead atoms. The summed E-state index contributed by atoms with van der Waals surface area (Å²) in [6.45, 7) is 0. The van der Waals surface area contributed by atoms with Crippen molar-refractivity contribution in [3.05, 3.63) is 47.9 Å². The first kappa shape index (κ1) is 14.5. The standard InChI is InChI=1S/C16H12FN5O/c1-22-15(4-5-20-22)11-7-14(21-16(19)12(11)8-18)10-3-2-9(23)6-13(10)17/h2-7,23H,1H3,(H2,19,21). The second-order valence-corrected chi connectivity index (χ2v) is 4.93. The van der Waals surface area contributed by atoms with Gasteiger partial charge in [0.1, 0.15) is 29.0 Å². The molecule has 1 aromatic carbocycles. The summed E-state index contributed by atoms with van der Waals surface area (Å²) in [6, 6.07) is 9.10. The smallest absolute Gasteiger partial charge is 0.142 e. The number of rotatable bonds is 2. The van der Waals surface area contributed by atoms with Gasteiger partial charge in [-0.25, -0.2) is 9.37 Å². The molecule has 3 rings (SSSR count). The molecule has 0 atom stereocenters. The first-order chi connectivity index (χ1) is 11.0. The zero-order chi connectivity index (χ0) is 16.6. The number of hydrogen-bond donors (Lipinski definition) is 2. The molecule has 23 heavy (non-hydrogen) atoms. The molecule has 7 heteroatoms. The van der Waals surface area contributed by atoms with E-state index in [0.717, 1.165) is 6.07 Å². The van der Waals surface area contributed by atoms with E-state index in [4.69, 9.17) is 5.73 Å². The second-order valence-electron chi connectivity index (χ2n) is 4.93. The Balaban J connectivity index is 2.27. The van der Waals surface area contributed by atoms with Crippen molar-refractivity contribution in [2.24, 2.45) is 7.05 Å². The molecule has 0 spiro atoms. The number of nitrogen functional groups attached to an aromatic ring is 1. The number of anilines is 1. The molecule has 3 aromatic rings. The minimum Gasteiger partial charge on any atom is -0.508 e. The molecule has 6 nitrogen and oxygen atoms in total. The highest BCUT2D eigenvalue weighted by molar-refractivity contribution is 5.78. The summed E-state index contributed by atoms with van der Waals surface area (Å²) < 4.78 is 15.7. The van der Waals surface area contributed by atoms with Gasteiger partial charge in [-0.2, -0.15) is 10.4 Å². The average molecular weight is 309 g/mol. The van der Waals surface area contributed by atoms with Crippen LogP contribution in [0, 0.1) is 17.1 Å². The van der Waals surface area contributed by atoms with Gasteiger partial charge >= 0.3 is 0 Å². The van der Waals surface area contributed by atoms with Crippen LogP contribution in [-0.2, 0) is 7.05 Å². The van der Waals surface area contributed by atoms with E-state index in [1.807, 2.05) is 6.07 Å². The molecule has 0 fully saturated rings. The molecule has 0 amide bonds. The number of nitrogens with zero attached hydrogens (tertiary/aromatic N) is 4. The molecule has 0 aliphatic carbocycles. The Labute approximate surface area is 131 Å². The molecule has 2 aromatic heterocycles. The Morgan fingerprint density at radius 2 is 2.04 bits per heavy atom. The third-order valence-corrected chi connectivity index (χ3v) is 3.48. The van der Waals surface area contributed by atoms with Crippen molar-refractivity contribution >= 4 is 5.82 Å². The normalized spacial score (nSPS) is 10.5. The molecule has 0 saturated carbocycles. The zero-order valence-corrected chi connectivity index (χ0v) is 12.2. The van der Waals surface area contributed by atoms with Crippen LogP contribution in [0.5, 0.6) is 5.75 Å². The lowest BCUT2D eigenvalue weighted by atomic mass is 10.0. The number of pyridine rings is 1. The number of phenols is 1. The number of halogens is 1. The van der Waals surface area contributed by atoms with E-state index in [1.54, 1.807) is 30.1 Å². The van der Waals surface area contributed by atoms with Gasteiger partial charge in [0.05, 0.1) is 11.4 Å². The molecule has 0 unspecified atom stereocenters. The van der Waals surface area contributed by atoms with Crippen LogP contribution in [0.4, 0.5) is 10.2 Å². The van der Waals surface area contributed by atoms with Crippen molar-refractivity contribution in [2.75, 3.05) is 5.73 Å². The molecule has 114 valence electrons. The van der Waals surface area contributed by atoms with Crippen LogP contribution in [0.2, 0.25) is 0 Å². The number of nitriles is 1. The number of nitrogens with two attached hydrogens (primary N) is 1. The quantitative estimate of drug-likeness (QED) is 0.757. The summed E-state index contributed by atoms with van der Waals surface area (Å²) in [7, 11) is 1.73. The lowest BCUT2D eigenvalue weighted by molar-refractivity contribution is 0.469. The second kappa shape index (κ2) is 5.42. The molecular formula is C16H12FN5O. The largest absolute Gasteiger partial charge is 0.508 e. The van der Waals surface area contributed by atoms with Gasteiger partial charge in [-0.05, 0) is 24.3 Å². The Morgan fingerprint density at radius 1 is 1.26 bits per heavy atom. The number of aryl methyl sites for hydroxylation is 1. The number of aromatic hydroxyl groups is 1. The van der Waals surface area contributed by atoms with E-state index in [-0.39, 0.29) is 28.4 Å². The van der Waals surface area contributed by atoms with E-state index in [0.29, 0.717) is 11.3 Å². The van der Waals surface area contributed by atoms with Crippen LogP contribution in [0.1, 0.15) is 5.56 Å². The topological polar surface area (TPSA) is 101 Å². The predicted molar refractivity (Wildman–Crippen MR) is 82.6 cm³/mol. The summed E-state index contributed by atoms with van der Waals surface area (Å²) in [5.41, 5.74) is 7.71. The van der Waals surface area contributed by atoms with Gasteiger partial charge in [0.25, 0.3) is 0 Å². The Kier molecular flexibility index (Phi) is 3.43.